The van der Waals surface area contributed by atoms with Gasteiger partial charge in [-0.3, -0.25) is 0 Å². The number of halogens is 1. The van der Waals surface area contributed by atoms with E-state index in [0.29, 0.717) is 24.4 Å². The molecule has 0 saturated heterocycles. The summed E-state index contributed by atoms with van der Waals surface area (Å²) in [4.78, 5) is 0.200. The van der Waals surface area contributed by atoms with E-state index in [-0.39, 0.29) is 16.2 Å². The molecule has 0 aliphatic carbocycles. The number of hydrogen-bond acceptors (Lipinski definition) is 3. The Labute approximate surface area is 119 Å². The molecule has 0 aromatic heterocycles. The van der Waals surface area contributed by atoms with Crippen LogP contribution in [-0.4, -0.2) is 25.2 Å². The number of benzene rings is 1. The maximum atomic E-state index is 13.8. The van der Waals surface area contributed by atoms with E-state index < -0.39 is 0 Å². The Kier molecular flexibility index (Phi) is 5.69. The molecule has 1 aromatic rings. The summed E-state index contributed by atoms with van der Waals surface area (Å²) in [7, 11) is 1.68. The molecule has 0 unspecified atom stereocenters. The largest absolute Gasteiger partial charge is 0.389 e. The van der Waals surface area contributed by atoms with Crippen LogP contribution in [0.3, 0.4) is 0 Å². The van der Waals surface area contributed by atoms with Gasteiger partial charge in [0.25, 0.3) is 0 Å². The van der Waals surface area contributed by atoms with Gasteiger partial charge in [0.15, 0.2) is 0 Å². The van der Waals surface area contributed by atoms with Crippen LogP contribution >= 0.6 is 12.2 Å². The molecule has 0 atom stereocenters. The predicted molar refractivity (Wildman–Crippen MR) is 81.1 cm³/mol. The molecule has 0 radical (unpaired) electrons. The summed E-state index contributed by atoms with van der Waals surface area (Å²) in [6.07, 6.45) is 0.906. The van der Waals surface area contributed by atoms with Crippen molar-refractivity contribution in [1.29, 1.82) is 0 Å². The Morgan fingerprint density at radius 1 is 1.47 bits per heavy atom. The van der Waals surface area contributed by atoms with Crippen LogP contribution in [0, 0.1) is 11.2 Å². The molecule has 0 bridgehead atoms. The average molecular weight is 284 g/mol. The maximum Gasteiger partial charge on any atom is 0.146 e. The lowest BCUT2D eigenvalue weighted by atomic mass is 9.89. The lowest BCUT2D eigenvalue weighted by Gasteiger charge is -2.25. The second-order valence-corrected chi connectivity index (χ2v) is 5.76. The minimum absolute atomic E-state index is 0.0320. The molecule has 3 N–H and O–H groups in total. The van der Waals surface area contributed by atoms with Gasteiger partial charge in [0.05, 0.1) is 5.69 Å². The van der Waals surface area contributed by atoms with Crippen LogP contribution < -0.4 is 11.1 Å². The molecule has 1 rings (SSSR count). The van der Waals surface area contributed by atoms with Crippen molar-refractivity contribution >= 4 is 22.9 Å². The van der Waals surface area contributed by atoms with Gasteiger partial charge < -0.3 is 15.8 Å². The van der Waals surface area contributed by atoms with E-state index >= 15 is 0 Å². The summed E-state index contributed by atoms with van der Waals surface area (Å²) in [5.41, 5.74) is 6.50. The van der Waals surface area contributed by atoms with Crippen molar-refractivity contribution in [2.24, 2.45) is 11.1 Å². The standard InChI is InChI=1S/C14H21FN2OS/c1-14(2,6-7-18-3)9-17-12-5-4-10(13(16)19)8-11(12)15/h4-5,8,17H,6-7,9H2,1-3H3,(H2,16,19). The summed E-state index contributed by atoms with van der Waals surface area (Å²) in [6.45, 7) is 5.58. The zero-order valence-electron chi connectivity index (χ0n) is 11.6. The van der Waals surface area contributed by atoms with Crippen LogP contribution in [0.25, 0.3) is 0 Å². The van der Waals surface area contributed by atoms with Gasteiger partial charge in [-0.2, -0.15) is 0 Å². The Morgan fingerprint density at radius 2 is 2.16 bits per heavy atom. The summed E-state index contributed by atoms with van der Waals surface area (Å²) in [5.74, 6) is -0.340. The van der Waals surface area contributed by atoms with Crippen LogP contribution in [0.1, 0.15) is 25.8 Å². The highest BCUT2D eigenvalue weighted by atomic mass is 32.1. The number of hydrogen-bond donors (Lipinski definition) is 2. The number of nitrogens with two attached hydrogens (primary N) is 1. The number of thiocarbonyl (C=S) groups is 1. The van der Waals surface area contributed by atoms with Crippen LogP contribution in [0.15, 0.2) is 18.2 Å². The normalized spacial score (nSPS) is 11.4. The van der Waals surface area contributed by atoms with E-state index in [1.54, 1.807) is 19.2 Å². The van der Waals surface area contributed by atoms with Crippen LogP contribution in [0.4, 0.5) is 10.1 Å². The Hall–Kier alpha value is -1.20. The van der Waals surface area contributed by atoms with Gasteiger partial charge in [0.2, 0.25) is 0 Å². The van der Waals surface area contributed by atoms with E-state index in [9.17, 15) is 4.39 Å². The molecule has 0 amide bonds. The van der Waals surface area contributed by atoms with Gasteiger partial charge >= 0.3 is 0 Å². The average Bonchev–Trinajstić information content (AvgIpc) is 2.35. The van der Waals surface area contributed by atoms with Crippen molar-refractivity contribution in [3.8, 4) is 0 Å². The Bertz CT molecular complexity index is 449. The zero-order valence-corrected chi connectivity index (χ0v) is 12.4. The van der Waals surface area contributed by atoms with E-state index in [4.69, 9.17) is 22.7 Å². The van der Waals surface area contributed by atoms with Crippen molar-refractivity contribution < 1.29 is 9.13 Å². The number of rotatable bonds is 7. The van der Waals surface area contributed by atoms with E-state index in [2.05, 4.69) is 19.2 Å². The summed E-state index contributed by atoms with van der Waals surface area (Å²) in [5, 5.41) is 3.11. The topological polar surface area (TPSA) is 47.3 Å². The third-order valence-electron chi connectivity index (χ3n) is 2.99. The van der Waals surface area contributed by atoms with Gasteiger partial charge in [-0.25, -0.2) is 4.39 Å². The molecule has 0 spiro atoms. The molecule has 0 saturated carbocycles. The van der Waals surface area contributed by atoms with Crippen molar-refractivity contribution in [3.05, 3.63) is 29.6 Å². The van der Waals surface area contributed by atoms with E-state index in [1.807, 2.05) is 0 Å². The van der Waals surface area contributed by atoms with Crippen molar-refractivity contribution in [2.45, 2.75) is 20.3 Å². The second kappa shape index (κ2) is 6.82. The van der Waals surface area contributed by atoms with Crippen molar-refractivity contribution in [1.82, 2.24) is 0 Å². The Balaban J connectivity index is 2.65. The van der Waals surface area contributed by atoms with Crippen LogP contribution in [0.5, 0.6) is 0 Å². The molecule has 0 aliphatic rings. The Morgan fingerprint density at radius 3 is 2.68 bits per heavy atom. The van der Waals surface area contributed by atoms with Gasteiger partial charge in [0, 0.05) is 25.8 Å². The van der Waals surface area contributed by atoms with Gasteiger partial charge in [-0.1, -0.05) is 26.1 Å². The highest BCUT2D eigenvalue weighted by Gasteiger charge is 2.18. The minimum atomic E-state index is -0.340. The lowest BCUT2D eigenvalue weighted by Crippen LogP contribution is -2.25. The first-order valence-corrected chi connectivity index (χ1v) is 6.59. The molecule has 0 heterocycles. The molecular formula is C14H21FN2OS. The predicted octanol–water partition coefficient (Wildman–Crippen LogP) is 2.93. The summed E-state index contributed by atoms with van der Waals surface area (Å²) in [6, 6.07) is 4.74. The second-order valence-electron chi connectivity index (χ2n) is 5.32. The molecule has 19 heavy (non-hydrogen) atoms. The molecule has 5 heteroatoms. The molecule has 0 aliphatic heterocycles. The molecular weight excluding hydrogens is 263 g/mol. The van der Waals surface area contributed by atoms with Gasteiger partial charge in [0.1, 0.15) is 10.8 Å². The summed E-state index contributed by atoms with van der Waals surface area (Å²) < 4.78 is 18.9. The maximum absolute atomic E-state index is 13.8. The lowest BCUT2D eigenvalue weighted by molar-refractivity contribution is 0.157. The number of ether oxygens (including phenoxy) is 1. The van der Waals surface area contributed by atoms with Crippen molar-refractivity contribution in [3.63, 3.8) is 0 Å². The quantitative estimate of drug-likeness (QED) is 0.756. The van der Waals surface area contributed by atoms with E-state index in [0.717, 1.165) is 6.42 Å². The highest BCUT2D eigenvalue weighted by molar-refractivity contribution is 7.80. The number of nitrogens with one attached hydrogen (secondary N) is 1. The van der Waals surface area contributed by atoms with Crippen molar-refractivity contribution in [2.75, 3.05) is 25.6 Å². The third-order valence-corrected chi connectivity index (χ3v) is 3.23. The highest BCUT2D eigenvalue weighted by Crippen LogP contribution is 2.23. The SMILES string of the molecule is COCCC(C)(C)CNc1ccc(C(N)=S)cc1F. The first-order valence-electron chi connectivity index (χ1n) is 6.18. The molecule has 1 aromatic carbocycles. The number of anilines is 1. The minimum Gasteiger partial charge on any atom is -0.389 e. The molecule has 3 nitrogen and oxygen atoms in total. The zero-order chi connectivity index (χ0) is 14.5. The summed E-state index contributed by atoms with van der Waals surface area (Å²) >= 11 is 4.81. The van der Waals surface area contributed by atoms with Crippen LogP contribution in [0.2, 0.25) is 0 Å². The fourth-order valence-electron chi connectivity index (χ4n) is 1.61. The fraction of sp³-hybridized carbons (Fsp3) is 0.500. The molecule has 106 valence electrons. The third kappa shape index (κ3) is 5.12. The van der Waals surface area contributed by atoms with E-state index in [1.165, 1.54) is 6.07 Å². The molecule has 0 fully saturated rings. The fourth-order valence-corrected chi connectivity index (χ4v) is 1.74. The monoisotopic (exact) mass is 284 g/mol. The first kappa shape index (κ1) is 15.9. The van der Waals surface area contributed by atoms with Gasteiger partial charge in [-0.15, -0.1) is 0 Å². The van der Waals surface area contributed by atoms with Crippen LogP contribution in [-0.2, 0) is 4.74 Å². The first-order chi connectivity index (χ1) is 8.85. The van der Waals surface area contributed by atoms with Gasteiger partial charge in [-0.05, 0) is 30.0 Å². The number of methoxy groups -OCH3 is 1. The smallest absolute Gasteiger partial charge is 0.146 e.